The zero-order chi connectivity index (χ0) is 16.8. The molecule has 0 amide bonds. The first-order chi connectivity index (χ1) is 10.7. The van der Waals surface area contributed by atoms with Crippen LogP contribution in [0.4, 0.5) is 0 Å². The molecule has 2 aromatic rings. The fourth-order valence-corrected chi connectivity index (χ4v) is 3.85. The van der Waals surface area contributed by atoms with Crippen molar-refractivity contribution < 1.29 is 17.9 Å². The summed E-state index contributed by atoms with van der Waals surface area (Å²) in [4.78, 5) is 13.8. The van der Waals surface area contributed by atoms with Crippen LogP contribution < -0.4 is 0 Å². The molecule has 0 N–H and O–H groups in total. The molecular formula is C17H16O4S2. The molecule has 0 fully saturated rings. The first-order valence-corrected chi connectivity index (χ1v) is 9.80. The number of hydrogen-bond donors (Lipinski definition) is 0. The molecule has 1 aromatic heterocycles. The van der Waals surface area contributed by atoms with E-state index in [1.165, 1.54) is 23.5 Å². The van der Waals surface area contributed by atoms with E-state index in [1.54, 1.807) is 26.0 Å². The van der Waals surface area contributed by atoms with E-state index in [2.05, 4.69) is 0 Å². The molecule has 0 unspecified atom stereocenters. The van der Waals surface area contributed by atoms with Gasteiger partial charge in [-0.15, -0.1) is 11.3 Å². The quantitative estimate of drug-likeness (QED) is 0.853. The maximum absolute atomic E-state index is 12.7. The molecule has 0 spiro atoms. The van der Waals surface area contributed by atoms with Gasteiger partial charge in [-0.3, -0.25) is 4.79 Å². The Bertz CT molecular complexity index is 887. The topological polar surface area (TPSA) is 60.4 Å². The lowest BCUT2D eigenvalue weighted by atomic mass is 9.97. The Balaban J connectivity index is 2.13. The standard InChI is InChI=1S/C17H16O4S2/c1-17(2)16(18)14(13-5-4-10-22-13)15(21-17)11-6-8-12(9-7-11)23(3,19)20/h4-10H,1-3H3. The second-order valence-corrected chi connectivity index (χ2v) is 8.88. The van der Waals surface area contributed by atoms with Crippen molar-refractivity contribution in [3.05, 3.63) is 52.2 Å². The number of benzene rings is 1. The minimum atomic E-state index is -3.26. The molecule has 0 saturated carbocycles. The molecule has 120 valence electrons. The van der Waals surface area contributed by atoms with Gasteiger partial charge < -0.3 is 4.74 Å². The van der Waals surface area contributed by atoms with Crippen LogP contribution >= 0.6 is 11.3 Å². The summed E-state index contributed by atoms with van der Waals surface area (Å²) in [6.07, 6.45) is 1.16. The van der Waals surface area contributed by atoms with Gasteiger partial charge in [0.05, 0.1) is 10.5 Å². The number of carbonyl (C=O) groups is 1. The number of sulfone groups is 1. The van der Waals surface area contributed by atoms with Crippen molar-refractivity contribution in [3.8, 4) is 0 Å². The molecule has 0 atom stereocenters. The van der Waals surface area contributed by atoms with Gasteiger partial charge in [-0.05, 0) is 49.6 Å². The zero-order valence-electron chi connectivity index (χ0n) is 13.0. The molecule has 3 rings (SSSR count). The van der Waals surface area contributed by atoms with Crippen LogP contribution in [0.15, 0.2) is 46.7 Å². The van der Waals surface area contributed by atoms with E-state index in [4.69, 9.17) is 4.74 Å². The summed E-state index contributed by atoms with van der Waals surface area (Å²) in [6, 6.07) is 10.2. The van der Waals surface area contributed by atoms with Crippen LogP contribution in [0.3, 0.4) is 0 Å². The largest absolute Gasteiger partial charge is 0.478 e. The van der Waals surface area contributed by atoms with E-state index in [1.807, 2.05) is 17.5 Å². The third-order valence-electron chi connectivity index (χ3n) is 3.67. The molecule has 0 aliphatic carbocycles. The maximum atomic E-state index is 12.7. The van der Waals surface area contributed by atoms with Gasteiger partial charge in [-0.2, -0.15) is 0 Å². The van der Waals surface area contributed by atoms with Gasteiger partial charge in [0.1, 0.15) is 5.76 Å². The fraction of sp³-hybridized carbons (Fsp3) is 0.235. The van der Waals surface area contributed by atoms with Crippen LogP contribution in [0.1, 0.15) is 24.3 Å². The molecule has 4 nitrogen and oxygen atoms in total. The number of Topliss-reactive ketones (excluding diaryl/α,β-unsaturated/α-hetero) is 1. The minimum Gasteiger partial charge on any atom is -0.478 e. The van der Waals surface area contributed by atoms with Crippen molar-refractivity contribution in [3.63, 3.8) is 0 Å². The Morgan fingerprint density at radius 2 is 1.74 bits per heavy atom. The van der Waals surface area contributed by atoms with E-state index in [-0.39, 0.29) is 10.7 Å². The third-order valence-corrected chi connectivity index (χ3v) is 5.69. The van der Waals surface area contributed by atoms with Crippen molar-refractivity contribution in [1.29, 1.82) is 0 Å². The Morgan fingerprint density at radius 1 is 1.09 bits per heavy atom. The highest BCUT2D eigenvalue weighted by Crippen LogP contribution is 2.42. The van der Waals surface area contributed by atoms with E-state index >= 15 is 0 Å². The molecule has 1 aliphatic heterocycles. The summed E-state index contributed by atoms with van der Waals surface area (Å²) in [5.74, 6) is 0.435. The molecular weight excluding hydrogens is 332 g/mol. The first kappa shape index (κ1) is 16.0. The van der Waals surface area contributed by atoms with Crippen LogP contribution in [0.25, 0.3) is 11.3 Å². The highest BCUT2D eigenvalue weighted by Gasteiger charge is 2.43. The van der Waals surface area contributed by atoms with E-state index in [0.717, 1.165) is 11.1 Å². The Labute approximate surface area is 139 Å². The smallest absolute Gasteiger partial charge is 0.210 e. The Kier molecular flexibility index (Phi) is 3.69. The summed E-state index contributed by atoms with van der Waals surface area (Å²) in [6.45, 7) is 3.47. The number of ketones is 1. The molecule has 1 aromatic carbocycles. The molecule has 0 saturated heterocycles. The van der Waals surface area contributed by atoms with Crippen LogP contribution in [-0.2, 0) is 19.4 Å². The summed E-state index contributed by atoms with van der Waals surface area (Å²) in [5.41, 5.74) is 0.321. The Morgan fingerprint density at radius 3 is 2.26 bits per heavy atom. The fourth-order valence-electron chi connectivity index (χ4n) is 2.46. The van der Waals surface area contributed by atoms with Crippen molar-refractivity contribution in [2.75, 3.05) is 6.26 Å². The lowest BCUT2D eigenvalue weighted by Gasteiger charge is -2.17. The second kappa shape index (κ2) is 5.32. The lowest BCUT2D eigenvalue weighted by Crippen LogP contribution is -2.29. The van der Waals surface area contributed by atoms with Crippen LogP contribution in [0.2, 0.25) is 0 Å². The average molecular weight is 348 g/mol. The summed E-state index contributed by atoms with van der Waals surface area (Å²) in [7, 11) is -3.26. The van der Waals surface area contributed by atoms with E-state index in [9.17, 15) is 13.2 Å². The summed E-state index contributed by atoms with van der Waals surface area (Å²) >= 11 is 1.48. The van der Waals surface area contributed by atoms with Gasteiger partial charge in [-0.1, -0.05) is 6.07 Å². The van der Waals surface area contributed by atoms with Crippen LogP contribution in [0, 0.1) is 0 Å². The van der Waals surface area contributed by atoms with Gasteiger partial charge in [0.25, 0.3) is 0 Å². The third kappa shape index (κ3) is 2.84. The van der Waals surface area contributed by atoms with Crippen molar-refractivity contribution in [2.45, 2.75) is 24.3 Å². The minimum absolute atomic E-state index is 0.0675. The van der Waals surface area contributed by atoms with E-state index in [0.29, 0.717) is 16.9 Å². The zero-order valence-corrected chi connectivity index (χ0v) is 14.6. The molecule has 6 heteroatoms. The SMILES string of the molecule is CC1(C)OC(c2ccc(S(C)(=O)=O)cc2)=C(c2cccs2)C1=O. The molecule has 23 heavy (non-hydrogen) atoms. The van der Waals surface area contributed by atoms with Gasteiger partial charge in [0, 0.05) is 16.7 Å². The van der Waals surface area contributed by atoms with Crippen molar-refractivity contribution in [1.82, 2.24) is 0 Å². The number of thiophene rings is 1. The molecule has 1 aliphatic rings. The summed E-state index contributed by atoms with van der Waals surface area (Å²) < 4.78 is 29.0. The number of carbonyl (C=O) groups excluding carboxylic acids is 1. The maximum Gasteiger partial charge on any atom is 0.210 e. The van der Waals surface area contributed by atoms with Gasteiger partial charge >= 0.3 is 0 Å². The Hall–Kier alpha value is -1.92. The number of ether oxygens (including phenoxy) is 1. The highest BCUT2D eigenvalue weighted by molar-refractivity contribution is 7.90. The highest BCUT2D eigenvalue weighted by atomic mass is 32.2. The van der Waals surface area contributed by atoms with Gasteiger partial charge in [0.2, 0.25) is 5.78 Å². The normalized spacial score (nSPS) is 17.4. The number of hydrogen-bond acceptors (Lipinski definition) is 5. The lowest BCUT2D eigenvalue weighted by molar-refractivity contribution is -0.125. The second-order valence-electron chi connectivity index (χ2n) is 5.92. The number of rotatable bonds is 3. The molecule has 0 bridgehead atoms. The predicted octanol–water partition coefficient (Wildman–Crippen LogP) is 3.40. The van der Waals surface area contributed by atoms with Crippen LogP contribution in [0.5, 0.6) is 0 Å². The average Bonchev–Trinajstić information content (AvgIpc) is 3.06. The first-order valence-electron chi connectivity index (χ1n) is 7.02. The van der Waals surface area contributed by atoms with Gasteiger partial charge in [0.15, 0.2) is 15.4 Å². The van der Waals surface area contributed by atoms with Gasteiger partial charge in [-0.25, -0.2) is 8.42 Å². The summed E-state index contributed by atoms with van der Waals surface area (Å²) in [5, 5.41) is 1.91. The predicted molar refractivity (Wildman–Crippen MR) is 90.9 cm³/mol. The van der Waals surface area contributed by atoms with Crippen molar-refractivity contribution >= 4 is 38.3 Å². The van der Waals surface area contributed by atoms with E-state index < -0.39 is 15.4 Å². The molecule has 2 heterocycles. The van der Waals surface area contributed by atoms with Crippen molar-refractivity contribution in [2.24, 2.45) is 0 Å². The molecule has 0 radical (unpaired) electrons. The monoisotopic (exact) mass is 348 g/mol. The van der Waals surface area contributed by atoms with Crippen LogP contribution in [-0.4, -0.2) is 26.1 Å².